The molecular formula is C64H52N2. The third-order valence-corrected chi connectivity index (χ3v) is 15.9. The molecule has 4 aliphatic rings. The molecule has 2 fully saturated rings. The minimum atomic E-state index is 0.108. The van der Waals surface area contributed by atoms with Crippen LogP contribution in [0.25, 0.3) is 89.5 Å². The van der Waals surface area contributed by atoms with Crippen molar-refractivity contribution < 1.29 is 0 Å². The van der Waals surface area contributed by atoms with Gasteiger partial charge in [-0.25, -0.2) is 9.97 Å². The van der Waals surface area contributed by atoms with E-state index >= 15 is 0 Å². The Morgan fingerprint density at radius 1 is 0.242 bits per heavy atom. The number of rotatable bonds is 6. The summed E-state index contributed by atoms with van der Waals surface area (Å²) in [6.07, 6.45) is 12.9. The molecule has 0 aliphatic heterocycles. The summed E-state index contributed by atoms with van der Waals surface area (Å²) >= 11 is 0. The molecule has 0 amide bonds. The zero-order valence-electron chi connectivity index (χ0n) is 37.4. The minimum Gasteiger partial charge on any atom is -0.243 e. The highest BCUT2D eigenvalue weighted by atomic mass is 14.9. The fourth-order valence-electron chi connectivity index (χ4n) is 12.7. The average Bonchev–Trinajstić information content (AvgIpc) is 3.80. The molecule has 8 aromatic carbocycles. The number of hydrogen-bond donors (Lipinski definition) is 0. The van der Waals surface area contributed by atoms with Crippen molar-refractivity contribution in [2.45, 2.75) is 75.0 Å². The Balaban J connectivity index is 0.888. The van der Waals surface area contributed by atoms with Crippen molar-refractivity contribution in [2.24, 2.45) is 0 Å². The number of fused-ring (bicyclic) bond motifs is 10. The van der Waals surface area contributed by atoms with Gasteiger partial charge in [0.25, 0.3) is 0 Å². The van der Waals surface area contributed by atoms with Crippen LogP contribution in [-0.4, -0.2) is 9.97 Å². The lowest BCUT2D eigenvalue weighted by Gasteiger charge is -2.37. The zero-order valence-corrected chi connectivity index (χ0v) is 37.4. The van der Waals surface area contributed by atoms with Crippen LogP contribution in [0.2, 0.25) is 0 Å². The molecule has 0 bridgehead atoms. The van der Waals surface area contributed by atoms with Crippen LogP contribution in [0.15, 0.2) is 194 Å². The smallest absolute Gasteiger partial charge is 0.0973 e. The first kappa shape index (κ1) is 39.2. The van der Waals surface area contributed by atoms with Crippen LogP contribution in [-0.2, 0) is 10.8 Å². The molecule has 66 heavy (non-hydrogen) atoms. The van der Waals surface area contributed by atoms with E-state index in [4.69, 9.17) is 9.97 Å². The molecular weight excluding hydrogens is 797 g/mol. The summed E-state index contributed by atoms with van der Waals surface area (Å²) in [6.45, 7) is 0. The first-order valence-electron chi connectivity index (χ1n) is 24.4. The third-order valence-electron chi connectivity index (χ3n) is 15.9. The quantitative estimate of drug-likeness (QED) is 0.167. The van der Waals surface area contributed by atoms with Gasteiger partial charge >= 0.3 is 0 Å². The van der Waals surface area contributed by atoms with Gasteiger partial charge in [0.1, 0.15) is 0 Å². The Morgan fingerprint density at radius 3 is 1.15 bits per heavy atom. The van der Waals surface area contributed by atoms with Gasteiger partial charge in [-0.2, -0.15) is 0 Å². The van der Waals surface area contributed by atoms with Crippen LogP contribution in [0, 0.1) is 0 Å². The van der Waals surface area contributed by atoms with Gasteiger partial charge < -0.3 is 0 Å². The summed E-state index contributed by atoms with van der Waals surface area (Å²) in [7, 11) is 0. The normalized spacial score (nSPS) is 16.1. The lowest BCUT2D eigenvalue weighted by Crippen LogP contribution is -2.29. The summed E-state index contributed by atoms with van der Waals surface area (Å²) in [5.41, 5.74) is 25.1. The summed E-state index contributed by atoms with van der Waals surface area (Å²) in [5.74, 6) is 0. The number of hydrogen-bond acceptors (Lipinski definition) is 2. The summed E-state index contributed by atoms with van der Waals surface area (Å²) in [4.78, 5) is 11.0. The van der Waals surface area contributed by atoms with E-state index in [-0.39, 0.29) is 10.8 Å². The first-order valence-corrected chi connectivity index (χ1v) is 24.4. The van der Waals surface area contributed by atoms with Crippen LogP contribution >= 0.6 is 0 Å². The van der Waals surface area contributed by atoms with Gasteiger partial charge in [0, 0.05) is 33.1 Å². The lowest BCUT2D eigenvalue weighted by atomic mass is 9.66. The second-order valence-electron chi connectivity index (χ2n) is 19.4. The molecule has 0 unspecified atom stereocenters. The number of nitrogens with zero attached hydrogens (tertiary/aromatic N) is 2. The van der Waals surface area contributed by atoms with Crippen molar-refractivity contribution in [3.05, 3.63) is 216 Å². The molecule has 2 nitrogen and oxygen atoms in total. The molecule has 2 heteroatoms. The lowest BCUT2D eigenvalue weighted by molar-refractivity contribution is 0.350. The van der Waals surface area contributed by atoms with E-state index < -0.39 is 0 Å². The Morgan fingerprint density at radius 2 is 0.621 bits per heavy atom. The van der Waals surface area contributed by atoms with E-state index in [0.717, 1.165) is 50.6 Å². The first-order chi connectivity index (χ1) is 32.7. The maximum absolute atomic E-state index is 5.52. The molecule has 2 saturated carbocycles. The summed E-state index contributed by atoms with van der Waals surface area (Å²) < 4.78 is 0. The van der Waals surface area contributed by atoms with Gasteiger partial charge in [0.05, 0.1) is 22.8 Å². The SMILES string of the molecule is c1ccc(-c2nc(-c3ccccc3)c(-c3cccc(-c4ccc(-c5ccc6c(c5)-c5cc7c(cc5C65CCCCC5)-c5ccccc5C75CCCCC5)cc4)c3)nc2-c2ccccc2)cc1. The Kier molecular flexibility index (Phi) is 9.38. The minimum absolute atomic E-state index is 0.108. The molecule has 0 saturated heterocycles. The fraction of sp³-hybridized carbons (Fsp3) is 0.188. The number of benzene rings is 8. The highest BCUT2D eigenvalue weighted by Gasteiger charge is 2.49. The fourth-order valence-corrected chi connectivity index (χ4v) is 12.7. The van der Waals surface area contributed by atoms with Gasteiger partial charge in [-0.05, 0) is 117 Å². The second-order valence-corrected chi connectivity index (χ2v) is 19.4. The third kappa shape index (κ3) is 6.22. The summed E-state index contributed by atoms with van der Waals surface area (Å²) in [5, 5.41) is 0. The van der Waals surface area contributed by atoms with Crippen LogP contribution in [0.3, 0.4) is 0 Å². The molecule has 0 atom stereocenters. The van der Waals surface area contributed by atoms with Gasteiger partial charge in [0.2, 0.25) is 0 Å². The highest BCUT2D eigenvalue weighted by Crippen LogP contribution is 2.62. The summed E-state index contributed by atoms with van der Waals surface area (Å²) in [6, 6.07) is 71.8. The monoisotopic (exact) mass is 848 g/mol. The molecule has 0 radical (unpaired) electrons. The van der Waals surface area contributed by atoms with E-state index in [1.165, 1.54) is 103 Å². The molecule has 1 heterocycles. The molecule has 2 spiro atoms. The zero-order chi connectivity index (χ0) is 43.7. The Labute approximate surface area is 389 Å². The molecule has 13 rings (SSSR count). The second kappa shape index (κ2) is 15.8. The van der Waals surface area contributed by atoms with E-state index in [0.29, 0.717) is 0 Å². The van der Waals surface area contributed by atoms with Gasteiger partial charge in [-0.1, -0.05) is 208 Å². The van der Waals surface area contributed by atoms with Crippen LogP contribution in [0.4, 0.5) is 0 Å². The molecule has 4 aliphatic carbocycles. The largest absolute Gasteiger partial charge is 0.243 e. The van der Waals surface area contributed by atoms with E-state index in [1.54, 1.807) is 22.3 Å². The van der Waals surface area contributed by atoms with Crippen LogP contribution in [0.1, 0.15) is 86.5 Å². The number of aromatic nitrogens is 2. The van der Waals surface area contributed by atoms with E-state index in [1.807, 2.05) is 0 Å². The van der Waals surface area contributed by atoms with Crippen molar-refractivity contribution in [2.75, 3.05) is 0 Å². The van der Waals surface area contributed by atoms with Crippen molar-refractivity contribution in [3.8, 4) is 89.5 Å². The van der Waals surface area contributed by atoms with Crippen molar-refractivity contribution >= 4 is 0 Å². The average molecular weight is 849 g/mol. The molecule has 1 aromatic heterocycles. The van der Waals surface area contributed by atoms with Gasteiger partial charge in [-0.3, -0.25) is 0 Å². The standard InChI is InChI=1S/C64H52N2/c1-6-19-45(20-7-1)59-60(46-21-8-2-9-22-46)66-62(61(65-59)47-23-10-3-11-24-47)50-26-18-25-48(39-50)43-29-31-44(32-30-43)49-33-34-56-52(40-49)54-42-57-53(41-58(54)64(56)37-16-5-17-38-64)51-27-12-13-28-55(51)63(57)35-14-4-15-36-63/h1-3,6-13,18-34,39-42H,4-5,14-17,35-38H2. The van der Waals surface area contributed by atoms with E-state index in [9.17, 15) is 0 Å². The Bertz CT molecular complexity index is 3280. The topological polar surface area (TPSA) is 25.8 Å². The van der Waals surface area contributed by atoms with Crippen molar-refractivity contribution in [3.63, 3.8) is 0 Å². The van der Waals surface area contributed by atoms with Crippen LogP contribution < -0.4 is 0 Å². The Hall–Kier alpha value is -7.16. The van der Waals surface area contributed by atoms with Crippen molar-refractivity contribution in [1.82, 2.24) is 9.97 Å². The van der Waals surface area contributed by atoms with Crippen molar-refractivity contribution in [1.29, 1.82) is 0 Å². The van der Waals surface area contributed by atoms with Crippen LogP contribution in [0.5, 0.6) is 0 Å². The predicted octanol–water partition coefficient (Wildman–Crippen LogP) is 16.9. The van der Waals surface area contributed by atoms with Gasteiger partial charge in [-0.15, -0.1) is 0 Å². The van der Waals surface area contributed by atoms with E-state index in [2.05, 4.69) is 194 Å². The maximum atomic E-state index is 5.52. The molecule has 9 aromatic rings. The van der Waals surface area contributed by atoms with Gasteiger partial charge in [0.15, 0.2) is 0 Å². The maximum Gasteiger partial charge on any atom is 0.0973 e. The molecule has 318 valence electrons. The highest BCUT2D eigenvalue weighted by molar-refractivity contribution is 5.92. The predicted molar refractivity (Wildman–Crippen MR) is 273 cm³/mol. The molecule has 0 N–H and O–H groups in total.